The molecule has 0 bridgehead atoms. The molecule has 2 aromatic carbocycles. The summed E-state index contributed by atoms with van der Waals surface area (Å²) in [5.41, 5.74) is 1.30. The Morgan fingerprint density at radius 1 is 1.24 bits per heavy atom. The Labute approximate surface area is 147 Å². The molecule has 0 spiro atoms. The third-order valence-electron chi connectivity index (χ3n) is 3.65. The van der Waals surface area contributed by atoms with Gasteiger partial charge in [0.2, 0.25) is 11.8 Å². The lowest BCUT2D eigenvalue weighted by Crippen LogP contribution is -2.41. The molecule has 3 rings (SSSR count). The summed E-state index contributed by atoms with van der Waals surface area (Å²) in [6, 6.07) is 10.4. The minimum Gasteiger partial charge on any atom is -0.372 e. The van der Waals surface area contributed by atoms with Crippen LogP contribution < -0.4 is 16.0 Å². The number of fused-ring (bicyclic) bond motifs is 1. The first kappa shape index (κ1) is 16.7. The van der Waals surface area contributed by atoms with Gasteiger partial charge in [-0.05, 0) is 24.3 Å². The number of nitro benzene ring substituents is 1. The van der Waals surface area contributed by atoms with Crippen LogP contribution in [0.15, 0.2) is 42.5 Å². The van der Waals surface area contributed by atoms with Crippen molar-refractivity contribution < 1.29 is 14.5 Å². The Kier molecular flexibility index (Phi) is 4.53. The van der Waals surface area contributed by atoms with Gasteiger partial charge in [-0.1, -0.05) is 23.7 Å². The van der Waals surface area contributed by atoms with E-state index in [-0.39, 0.29) is 28.7 Å². The number of anilines is 3. The summed E-state index contributed by atoms with van der Waals surface area (Å²) in [5, 5.41) is 19.1. The largest absolute Gasteiger partial charge is 0.372 e. The van der Waals surface area contributed by atoms with Crippen LogP contribution in [0.3, 0.4) is 0 Å². The van der Waals surface area contributed by atoms with Crippen LogP contribution in [0.2, 0.25) is 5.02 Å². The SMILES string of the molecule is O=C(C[C@H]1Nc2ccccc2NC1=O)Nc1ccc(Cl)c([N+](=O)[O-])c1. The second kappa shape index (κ2) is 6.78. The van der Waals surface area contributed by atoms with E-state index in [4.69, 9.17) is 11.6 Å². The lowest BCUT2D eigenvalue weighted by Gasteiger charge is -2.26. The van der Waals surface area contributed by atoms with Crippen molar-refractivity contribution in [3.8, 4) is 0 Å². The van der Waals surface area contributed by atoms with Gasteiger partial charge in [-0.15, -0.1) is 0 Å². The van der Waals surface area contributed by atoms with Crippen molar-refractivity contribution in [3.63, 3.8) is 0 Å². The summed E-state index contributed by atoms with van der Waals surface area (Å²) in [5.74, 6) is -0.778. The second-order valence-electron chi connectivity index (χ2n) is 5.41. The summed E-state index contributed by atoms with van der Waals surface area (Å²) in [4.78, 5) is 34.5. The molecule has 0 radical (unpaired) electrons. The molecule has 128 valence electrons. The van der Waals surface area contributed by atoms with E-state index in [1.165, 1.54) is 18.2 Å². The first-order valence-electron chi connectivity index (χ1n) is 7.34. The molecule has 3 N–H and O–H groups in total. The first-order chi connectivity index (χ1) is 11.9. The molecule has 0 saturated carbocycles. The van der Waals surface area contributed by atoms with E-state index >= 15 is 0 Å². The summed E-state index contributed by atoms with van der Waals surface area (Å²) in [6.07, 6.45) is -0.128. The van der Waals surface area contributed by atoms with Crippen LogP contribution in [0, 0.1) is 10.1 Å². The standard InChI is InChI=1S/C16H13ClN4O4/c17-10-6-5-9(7-14(10)21(24)25)18-15(22)8-13-16(23)20-12-4-2-1-3-11(12)19-13/h1-7,13,19H,8H2,(H,18,22)(H,20,23)/t13-/m1/s1. The van der Waals surface area contributed by atoms with Crippen molar-refractivity contribution in [1.82, 2.24) is 0 Å². The fourth-order valence-corrected chi connectivity index (χ4v) is 2.65. The number of hydrogen-bond acceptors (Lipinski definition) is 5. The Hall–Kier alpha value is -3.13. The predicted molar refractivity (Wildman–Crippen MR) is 93.8 cm³/mol. The van der Waals surface area contributed by atoms with Gasteiger partial charge in [-0.3, -0.25) is 19.7 Å². The van der Waals surface area contributed by atoms with E-state index in [1.54, 1.807) is 18.2 Å². The first-order valence-corrected chi connectivity index (χ1v) is 7.72. The van der Waals surface area contributed by atoms with Crippen LogP contribution in [0.5, 0.6) is 0 Å². The number of rotatable bonds is 4. The van der Waals surface area contributed by atoms with Crippen molar-refractivity contribution in [2.45, 2.75) is 12.5 Å². The number of nitrogens with zero attached hydrogens (tertiary/aromatic N) is 1. The maximum Gasteiger partial charge on any atom is 0.289 e. The fraction of sp³-hybridized carbons (Fsp3) is 0.125. The van der Waals surface area contributed by atoms with Gasteiger partial charge in [0.1, 0.15) is 11.1 Å². The van der Waals surface area contributed by atoms with Gasteiger partial charge in [-0.25, -0.2) is 0 Å². The molecule has 0 unspecified atom stereocenters. The Bertz CT molecular complexity index is 871. The average molecular weight is 361 g/mol. The summed E-state index contributed by atoms with van der Waals surface area (Å²) >= 11 is 5.73. The molecule has 0 fully saturated rings. The summed E-state index contributed by atoms with van der Waals surface area (Å²) in [6.45, 7) is 0. The Morgan fingerprint density at radius 3 is 2.68 bits per heavy atom. The van der Waals surface area contributed by atoms with E-state index in [0.29, 0.717) is 5.69 Å². The molecule has 9 heteroatoms. The van der Waals surface area contributed by atoms with Gasteiger partial charge in [0, 0.05) is 11.8 Å². The number of carbonyl (C=O) groups excluding carboxylic acids is 2. The number of halogens is 1. The highest BCUT2D eigenvalue weighted by molar-refractivity contribution is 6.32. The normalized spacial score (nSPS) is 15.6. The summed E-state index contributed by atoms with van der Waals surface area (Å²) < 4.78 is 0. The van der Waals surface area contributed by atoms with E-state index < -0.39 is 16.9 Å². The lowest BCUT2D eigenvalue weighted by atomic mass is 10.1. The van der Waals surface area contributed by atoms with Crippen molar-refractivity contribution >= 4 is 46.2 Å². The highest BCUT2D eigenvalue weighted by atomic mass is 35.5. The maximum atomic E-state index is 12.2. The molecule has 2 amide bonds. The molecule has 2 aromatic rings. The molecule has 0 aromatic heterocycles. The average Bonchev–Trinajstić information content (AvgIpc) is 2.57. The monoisotopic (exact) mass is 360 g/mol. The zero-order valence-corrected chi connectivity index (χ0v) is 13.5. The number of para-hydroxylation sites is 2. The number of benzene rings is 2. The van der Waals surface area contributed by atoms with Crippen molar-refractivity contribution in [3.05, 3.63) is 57.6 Å². The predicted octanol–water partition coefficient (Wildman–Crippen LogP) is 3.01. The number of hydrogen-bond donors (Lipinski definition) is 3. The molecule has 25 heavy (non-hydrogen) atoms. The number of carbonyl (C=O) groups is 2. The second-order valence-corrected chi connectivity index (χ2v) is 5.81. The highest BCUT2D eigenvalue weighted by Crippen LogP contribution is 2.28. The third kappa shape index (κ3) is 3.69. The van der Waals surface area contributed by atoms with Crippen LogP contribution >= 0.6 is 11.6 Å². The minimum atomic E-state index is -0.739. The van der Waals surface area contributed by atoms with Crippen LogP contribution in [-0.4, -0.2) is 22.8 Å². The number of nitrogens with one attached hydrogen (secondary N) is 3. The summed E-state index contributed by atoms with van der Waals surface area (Å²) in [7, 11) is 0. The van der Waals surface area contributed by atoms with Crippen LogP contribution in [0.4, 0.5) is 22.7 Å². The van der Waals surface area contributed by atoms with Crippen LogP contribution in [-0.2, 0) is 9.59 Å². The molecule has 1 aliphatic rings. The topological polar surface area (TPSA) is 113 Å². The molecule has 0 saturated heterocycles. The quantitative estimate of drug-likeness (QED) is 0.573. The van der Waals surface area contributed by atoms with E-state index in [0.717, 1.165) is 5.69 Å². The maximum absolute atomic E-state index is 12.2. The molecule has 1 heterocycles. The number of nitro groups is 1. The van der Waals surface area contributed by atoms with Gasteiger partial charge >= 0.3 is 0 Å². The lowest BCUT2D eigenvalue weighted by molar-refractivity contribution is -0.384. The fourth-order valence-electron chi connectivity index (χ4n) is 2.46. The minimum absolute atomic E-state index is 0.0204. The zero-order chi connectivity index (χ0) is 18.0. The van der Waals surface area contributed by atoms with Gasteiger partial charge in [0.25, 0.3) is 5.69 Å². The third-order valence-corrected chi connectivity index (χ3v) is 3.97. The van der Waals surface area contributed by atoms with Crippen LogP contribution in [0.1, 0.15) is 6.42 Å². The van der Waals surface area contributed by atoms with Crippen LogP contribution in [0.25, 0.3) is 0 Å². The van der Waals surface area contributed by atoms with Crippen molar-refractivity contribution in [2.75, 3.05) is 16.0 Å². The molecular weight excluding hydrogens is 348 g/mol. The molecular formula is C16H13ClN4O4. The Morgan fingerprint density at radius 2 is 1.96 bits per heavy atom. The molecule has 0 aliphatic carbocycles. The van der Waals surface area contributed by atoms with Crippen molar-refractivity contribution in [2.24, 2.45) is 0 Å². The highest BCUT2D eigenvalue weighted by Gasteiger charge is 2.27. The van der Waals surface area contributed by atoms with Gasteiger partial charge in [0.15, 0.2) is 0 Å². The van der Waals surface area contributed by atoms with E-state index in [9.17, 15) is 19.7 Å². The van der Waals surface area contributed by atoms with Crippen molar-refractivity contribution in [1.29, 1.82) is 0 Å². The van der Waals surface area contributed by atoms with Gasteiger partial charge in [-0.2, -0.15) is 0 Å². The molecule has 1 atom stereocenters. The van der Waals surface area contributed by atoms with E-state index in [2.05, 4.69) is 16.0 Å². The van der Waals surface area contributed by atoms with E-state index in [1.807, 2.05) is 6.07 Å². The number of amides is 2. The Balaban J connectivity index is 1.68. The molecule has 1 aliphatic heterocycles. The van der Waals surface area contributed by atoms with Gasteiger partial charge < -0.3 is 16.0 Å². The smallest absolute Gasteiger partial charge is 0.289 e. The zero-order valence-electron chi connectivity index (χ0n) is 12.8. The molecule has 8 nitrogen and oxygen atoms in total. The van der Waals surface area contributed by atoms with Gasteiger partial charge in [0.05, 0.1) is 22.7 Å².